The van der Waals surface area contributed by atoms with Crippen LogP contribution in [0.5, 0.6) is 0 Å². The van der Waals surface area contributed by atoms with E-state index in [1.807, 2.05) is 0 Å². The van der Waals surface area contributed by atoms with Crippen molar-refractivity contribution in [2.45, 2.75) is 45.2 Å². The van der Waals surface area contributed by atoms with Gasteiger partial charge in [-0.1, -0.05) is 44.2 Å². The quantitative estimate of drug-likeness (QED) is 0.795. The summed E-state index contributed by atoms with van der Waals surface area (Å²) < 4.78 is 5.60. The number of ether oxygens (including phenoxy) is 1. The molecule has 2 unspecified atom stereocenters. The molecular formula is C18H30N2O. The molecular weight excluding hydrogens is 260 g/mol. The molecule has 1 N–H and O–H groups in total. The molecule has 1 fully saturated rings. The third-order valence-corrected chi connectivity index (χ3v) is 4.37. The Morgan fingerprint density at radius 1 is 1.29 bits per heavy atom. The van der Waals surface area contributed by atoms with Crippen LogP contribution in [-0.2, 0) is 4.74 Å². The van der Waals surface area contributed by atoms with Crippen molar-refractivity contribution in [1.29, 1.82) is 0 Å². The fraction of sp³-hybridized carbons (Fsp3) is 0.667. The number of rotatable bonds is 8. The number of morpholine rings is 1. The Kier molecular flexibility index (Phi) is 7.20. The summed E-state index contributed by atoms with van der Waals surface area (Å²) in [5.41, 5.74) is 1.41. The average molecular weight is 290 g/mol. The van der Waals surface area contributed by atoms with Gasteiger partial charge in [-0.05, 0) is 31.4 Å². The van der Waals surface area contributed by atoms with E-state index in [1.165, 1.54) is 24.8 Å². The monoisotopic (exact) mass is 290 g/mol. The maximum Gasteiger partial charge on any atom is 0.0622 e. The smallest absolute Gasteiger partial charge is 0.0622 e. The number of nitrogens with zero attached hydrogens (tertiary/aromatic N) is 1. The fourth-order valence-electron chi connectivity index (χ4n) is 3.05. The van der Waals surface area contributed by atoms with Crippen molar-refractivity contribution < 1.29 is 4.74 Å². The molecule has 0 bridgehead atoms. The Hall–Kier alpha value is -0.900. The van der Waals surface area contributed by atoms with E-state index in [-0.39, 0.29) is 0 Å². The molecule has 0 spiro atoms. The Bertz CT molecular complexity index is 382. The highest BCUT2D eigenvalue weighted by molar-refractivity contribution is 5.18. The Morgan fingerprint density at radius 3 is 2.81 bits per heavy atom. The lowest BCUT2D eigenvalue weighted by Gasteiger charge is -2.36. The predicted molar refractivity (Wildman–Crippen MR) is 88.6 cm³/mol. The standard InChI is InChI=1S/C18H30N2O/c1-3-11-19-18(16-8-6-5-7-9-16)10-12-20-13-14-21-15-17(20)4-2/h5-9,17-19H,3-4,10-15H2,1-2H3. The van der Waals surface area contributed by atoms with Crippen LogP contribution in [0.1, 0.15) is 44.7 Å². The van der Waals surface area contributed by atoms with Crippen molar-refractivity contribution in [1.82, 2.24) is 10.2 Å². The lowest BCUT2D eigenvalue weighted by Crippen LogP contribution is -2.46. The Labute approximate surface area is 129 Å². The molecule has 0 radical (unpaired) electrons. The van der Waals surface area contributed by atoms with E-state index < -0.39 is 0 Å². The largest absolute Gasteiger partial charge is 0.378 e. The zero-order valence-corrected chi connectivity index (χ0v) is 13.6. The molecule has 1 heterocycles. The molecule has 2 atom stereocenters. The van der Waals surface area contributed by atoms with Crippen molar-refractivity contribution in [3.8, 4) is 0 Å². The van der Waals surface area contributed by atoms with Gasteiger partial charge in [0, 0.05) is 25.2 Å². The molecule has 1 aliphatic rings. The summed E-state index contributed by atoms with van der Waals surface area (Å²) >= 11 is 0. The summed E-state index contributed by atoms with van der Waals surface area (Å²) in [4.78, 5) is 2.60. The molecule has 1 saturated heterocycles. The van der Waals surface area contributed by atoms with Gasteiger partial charge in [0.25, 0.3) is 0 Å². The minimum absolute atomic E-state index is 0.464. The minimum atomic E-state index is 0.464. The maximum atomic E-state index is 5.60. The highest BCUT2D eigenvalue weighted by Crippen LogP contribution is 2.19. The molecule has 118 valence electrons. The highest BCUT2D eigenvalue weighted by Gasteiger charge is 2.22. The van der Waals surface area contributed by atoms with Gasteiger partial charge in [0.15, 0.2) is 0 Å². The van der Waals surface area contributed by atoms with Crippen LogP contribution in [0.4, 0.5) is 0 Å². The number of benzene rings is 1. The normalized spacial score (nSPS) is 21.3. The second-order valence-corrected chi connectivity index (χ2v) is 5.88. The second-order valence-electron chi connectivity index (χ2n) is 5.88. The van der Waals surface area contributed by atoms with E-state index in [4.69, 9.17) is 4.74 Å². The number of nitrogens with one attached hydrogen (secondary N) is 1. The second kappa shape index (κ2) is 9.19. The molecule has 1 aromatic carbocycles. The summed E-state index contributed by atoms with van der Waals surface area (Å²) in [6, 6.07) is 11.9. The maximum absolute atomic E-state index is 5.60. The van der Waals surface area contributed by atoms with E-state index in [0.29, 0.717) is 12.1 Å². The van der Waals surface area contributed by atoms with Crippen molar-refractivity contribution in [3.63, 3.8) is 0 Å². The van der Waals surface area contributed by atoms with E-state index in [2.05, 4.69) is 54.4 Å². The molecule has 0 amide bonds. The molecule has 2 rings (SSSR count). The molecule has 0 aromatic heterocycles. The van der Waals surface area contributed by atoms with Crippen LogP contribution in [0.3, 0.4) is 0 Å². The lowest BCUT2D eigenvalue weighted by molar-refractivity contribution is -0.0100. The topological polar surface area (TPSA) is 24.5 Å². The molecule has 3 heteroatoms. The van der Waals surface area contributed by atoms with Gasteiger partial charge in [-0.2, -0.15) is 0 Å². The first-order chi connectivity index (χ1) is 10.3. The average Bonchev–Trinajstić information content (AvgIpc) is 2.56. The fourth-order valence-corrected chi connectivity index (χ4v) is 3.05. The van der Waals surface area contributed by atoms with Gasteiger partial charge in [-0.3, -0.25) is 4.90 Å². The third-order valence-electron chi connectivity index (χ3n) is 4.37. The molecule has 1 aliphatic heterocycles. The van der Waals surface area contributed by atoms with E-state index in [1.54, 1.807) is 0 Å². The SMILES string of the molecule is CCCNC(CCN1CCOCC1CC)c1ccccc1. The number of hydrogen-bond donors (Lipinski definition) is 1. The Balaban J connectivity index is 1.92. The van der Waals surface area contributed by atoms with Crippen LogP contribution in [-0.4, -0.2) is 43.8 Å². The van der Waals surface area contributed by atoms with Gasteiger partial charge in [-0.25, -0.2) is 0 Å². The first-order valence-electron chi connectivity index (χ1n) is 8.45. The highest BCUT2D eigenvalue weighted by atomic mass is 16.5. The predicted octanol–water partition coefficient (Wildman–Crippen LogP) is 3.23. The van der Waals surface area contributed by atoms with Crippen LogP contribution < -0.4 is 5.32 Å². The first kappa shape index (κ1) is 16.5. The summed E-state index contributed by atoms with van der Waals surface area (Å²) in [6.07, 6.45) is 3.53. The number of hydrogen-bond acceptors (Lipinski definition) is 3. The Morgan fingerprint density at radius 2 is 2.10 bits per heavy atom. The van der Waals surface area contributed by atoms with Gasteiger partial charge >= 0.3 is 0 Å². The third kappa shape index (κ3) is 5.10. The molecule has 1 aromatic rings. The van der Waals surface area contributed by atoms with Crippen LogP contribution >= 0.6 is 0 Å². The van der Waals surface area contributed by atoms with Gasteiger partial charge < -0.3 is 10.1 Å². The summed E-state index contributed by atoms with van der Waals surface area (Å²) in [6.45, 7) is 9.58. The van der Waals surface area contributed by atoms with E-state index >= 15 is 0 Å². The van der Waals surface area contributed by atoms with E-state index in [9.17, 15) is 0 Å². The zero-order valence-electron chi connectivity index (χ0n) is 13.6. The zero-order chi connectivity index (χ0) is 14.9. The van der Waals surface area contributed by atoms with Crippen molar-refractivity contribution in [2.75, 3.05) is 32.8 Å². The van der Waals surface area contributed by atoms with Gasteiger partial charge in [0.2, 0.25) is 0 Å². The summed E-state index contributed by atoms with van der Waals surface area (Å²) in [5, 5.41) is 3.70. The van der Waals surface area contributed by atoms with Crippen LogP contribution in [0.15, 0.2) is 30.3 Å². The van der Waals surface area contributed by atoms with E-state index in [0.717, 1.165) is 32.8 Å². The first-order valence-corrected chi connectivity index (χ1v) is 8.45. The van der Waals surface area contributed by atoms with Crippen LogP contribution in [0.25, 0.3) is 0 Å². The summed E-state index contributed by atoms with van der Waals surface area (Å²) in [5.74, 6) is 0. The summed E-state index contributed by atoms with van der Waals surface area (Å²) in [7, 11) is 0. The molecule has 21 heavy (non-hydrogen) atoms. The van der Waals surface area contributed by atoms with Crippen LogP contribution in [0, 0.1) is 0 Å². The molecule has 3 nitrogen and oxygen atoms in total. The lowest BCUT2D eigenvalue weighted by atomic mass is 10.0. The van der Waals surface area contributed by atoms with Gasteiger partial charge in [-0.15, -0.1) is 0 Å². The van der Waals surface area contributed by atoms with Crippen LogP contribution in [0.2, 0.25) is 0 Å². The van der Waals surface area contributed by atoms with Crippen molar-refractivity contribution in [2.24, 2.45) is 0 Å². The van der Waals surface area contributed by atoms with Gasteiger partial charge in [0.1, 0.15) is 0 Å². The van der Waals surface area contributed by atoms with Crippen molar-refractivity contribution in [3.05, 3.63) is 35.9 Å². The minimum Gasteiger partial charge on any atom is -0.378 e. The molecule has 0 saturated carbocycles. The van der Waals surface area contributed by atoms with Gasteiger partial charge in [0.05, 0.1) is 13.2 Å². The van der Waals surface area contributed by atoms with Crippen molar-refractivity contribution >= 4 is 0 Å². The molecule has 0 aliphatic carbocycles.